The van der Waals surface area contributed by atoms with E-state index in [-0.39, 0.29) is 13.0 Å². The first-order chi connectivity index (χ1) is 6.18. The minimum atomic E-state index is -1.38. The second kappa shape index (κ2) is 7.73. The quantitative estimate of drug-likeness (QED) is 0.459. The molecule has 1 N–H and O–H groups in total. The standard InChI is InChI=1S/C9H16O4/c1-2-3-4-6-13-7-5-8(10)9(11)12/h2-7H2,1H3,(H,11,12). The zero-order valence-electron chi connectivity index (χ0n) is 7.91. The summed E-state index contributed by atoms with van der Waals surface area (Å²) in [4.78, 5) is 20.6. The van der Waals surface area contributed by atoms with Gasteiger partial charge >= 0.3 is 5.97 Å². The van der Waals surface area contributed by atoms with Crippen LogP contribution in [0, 0.1) is 0 Å². The highest BCUT2D eigenvalue weighted by Crippen LogP contribution is 1.95. The first-order valence-corrected chi connectivity index (χ1v) is 4.52. The smallest absolute Gasteiger partial charge is 0.372 e. The zero-order chi connectivity index (χ0) is 10.1. The van der Waals surface area contributed by atoms with Gasteiger partial charge in [-0.3, -0.25) is 4.79 Å². The van der Waals surface area contributed by atoms with Gasteiger partial charge in [-0.2, -0.15) is 0 Å². The molecule has 0 radical (unpaired) electrons. The highest BCUT2D eigenvalue weighted by Gasteiger charge is 2.09. The van der Waals surface area contributed by atoms with Crippen LogP contribution in [-0.4, -0.2) is 30.1 Å². The van der Waals surface area contributed by atoms with Crippen molar-refractivity contribution >= 4 is 11.8 Å². The van der Waals surface area contributed by atoms with Crippen LogP contribution in [-0.2, 0) is 14.3 Å². The molecule has 0 aliphatic rings. The van der Waals surface area contributed by atoms with E-state index < -0.39 is 11.8 Å². The number of ether oxygens (including phenoxy) is 1. The van der Waals surface area contributed by atoms with Crippen molar-refractivity contribution in [3.05, 3.63) is 0 Å². The Hall–Kier alpha value is -0.900. The predicted molar refractivity (Wildman–Crippen MR) is 47.6 cm³/mol. The fraction of sp³-hybridized carbons (Fsp3) is 0.778. The second-order valence-corrected chi connectivity index (χ2v) is 2.80. The number of rotatable bonds is 8. The highest BCUT2D eigenvalue weighted by atomic mass is 16.5. The summed E-state index contributed by atoms with van der Waals surface area (Å²) in [5.41, 5.74) is 0. The van der Waals surface area contributed by atoms with Crippen molar-refractivity contribution in [3.8, 4) is 0 Å². The number of carboxylic acids is 1. The van der Waals surface area contributed by atoms with Crippen LogP contribution in [0.15, 0.2) is 0 Å². The molecule has 0 bridgehead atoms. The summed E-state index contributed by atoms with van der Waals surface area (Å²) >= 11 is 0. The average molecular weight is 188 g/mol. The molecule has 0 aromatic carbocycles. The normalized spacial score (nSPS) is 9.92. The van der Waals surface area contributed by atoms with E-state index in [1.165, 1.54) is 0 Å². The number of carboxylic acid groups (broad SMARTS) is 1. The molecule has 13 heavy (non-hydrogen) atoms. The number of hydrogen-bond acceptors (Lipinski definition) is 3. The van der Waals surface area contributed by atoms with Crippen molar-refractivity contribution < 1.29 is 19.4 Å². The molecule has 0 amide bonds. The van der Waals surface area contributed by atoms with E-state index in [2.05, 4.69) is 6.92 Å². The van der Waals surface area contributed by atoms with Gasteiger partial charge in [-0.05, 0) is 6.42 Å². The fourth-order valence-corrected chi connectivity index (χ4v) is 0.828. The van der Waals surface area contributed by atoms with Crippen LogP contribution >= 0.6 is 0 Å². The molecule has 0 atom stereocenters. The Bertz CT molecular complexity index is 165. The summed E-state index contributed by atoms with van der Waals surface area (Å²) < 4.78 is 5.07. The lowest BCUT2D eigenvalue weighted by molar-refractivity contribution is -0.149. The van der Waals surface area contributed by atoms with Crippen molar-refractivity contribution in [2.75, 3.05) is 13.2 Å². The number of ketones is 1. The van der Waals surface area contributed by atoms with Crippen LogP contribution in [0.1, 0.15) is 32.6 Å². The van der Waals surface area contributed by atoms with E-state index in [0.29, 0.717) is 6.61 Å². The molecule has 0 rings (SSSR count). The topological polar surface area (TPSA) is 63.6 Å². The van der Waals surface area contributed by atoms with E-state index in [0.717, 1.165) is 19.3 Å². The van der Waals surface area contributed by atoms with Crippen molar-refractivity contribution in [1.29, 1.82) is 0 Å². The van der Waals surface area contributed by atoms with E-state index in [9.17, 15) is 9.59 Å². The van der Waals surface area contributed by atoms with Crippen molar-refractivity contribution in [2.24, 2.45) is 0 Å². The number of aliphatic carboxylic acids is 1. The van der Waals surface area contributed by atoms with Gasteiger partial charge in [0.2, 0.25) is 5.78 Å². The summed E-state index contributed by atoms with van der Waals surface area (Å²) in [5, 5.41) is 8.22. The molecular weight excluding hydrogens is 172 g/mol. The Morgan fingerprint density at radius 1 is 1.23 bits per heavy atom. The number of hydrogen-bond donors (Lipinski definition) is 1. The van der Waals surface area contributed by atoms with Crippen LogP contribution in [0.5, 0.6) is 0 Å². The van der Waals surface area contributed by atoms with E-state index in [1.54, 1.807) is 0 Å². The van der Waals surface area contributed by atoms with Crippen molar-refractivity contribution in [3.63, 3.8) is 0 Å². The summed E-state index contributed by atoms with van der Waals surface area (Å²) in [7, 11) is 0. The Kier molecular flexibility index (Phi) is 7.20. The minimum absolute atomic E-state index is 0.0263. The zero-order valence-corrected chi connectivity index (χ0v) is 7.91. The van der Waals surface area contributed by atoms with Gasteiger partial charge in [0.25, 0.3) is 0 Å². The molecule has 0 saturated heterocycles. The van der Waals surface area contributed by atoms with Gasteiger partial charge in [0.15, 0.2) is 0 Å². The van der Waals surface area contributed by atoms with Crippen molar-refractivity contribution in [2.45, 2.75) is 32.6 Å². The average Bonchev–Trinajstić information content (AvgIpc) is 2.10. The second-order valence-electron chi connectivity index (χ2n) is 2.80. The lowest BCUT2D eigenvalue weighted by Gasteiger charge is -2.00. The third kappa shape index (κ3) is 7.46. The van der Waals surface area contributed by atoms with Gasteiger partial charge < -0.3 is 9.84 Å². The van der Waals surface area contributed by atoms with E-state index in [4.69, 9.17) is 9.84 Å². The Morgan fingerprint density at radius 3 is 2.46 bits per heavy atom. The molecular formula is C9H16O4. The Balaban J connectivity index is 3.16. The molecule has 0 spiro atoms. The summed E-state index contributed by atoms with van der Waals surface area (Å²) in [6.07, 6.45) is 3.17. The Labute approximate surface area is 77.9 Å². The molecule has 0 aromatic rings. The van der Waals surface area contributed by atoms with E-state index >= 15 is 0 Å². The van der Waals surface area contributed by atoms with Crippen LogP contribution in [0.25, 0.3) is 0 Å². The summed E-state index contributed by atoms with van der Waals surface area (Å²) in [6.45, 7) is 2.92. The Morgan fingerprint density at radius 2 is 1.92 bits per heavy atom. The third-order valence-electron chi connectivity index (χ3n) is 1.60. The maximum Gasteiger partial charge on any atom is 0.372 e. The van der Waals surface area contributed by atoms with Crippen LogP contribution in [0.4, 0.5) is 0 Å². The monoisotopic (exact) mass is 188 g/mol. The largest absolute Gasteiger partial charge is 0.475 e. The first-order valence-electron chi connectivity index (χ1n) is 4.52. The van der Waals surface area contributed by atoms with Gasteiger partial charge in [-0.25, -0.2) is 4.79 Å². The molecule has 0 fully saturated rings. The maximum absolute atomic E-state index is 10.6. The van der Waals surface area contributed by atoms with E-state index in [1.807, 2.05) is 0 Å². The van der Waals surface area contributed by atoms with Gasteiger partial charge in [-0.1, -0.05) is 19.8 Å². The molecule has 0 aliphatic carbocycles. The predicted octanol–water partition coefficient (Wildman–Crippen LogP) is 1.24. The SMILES string of the molecule is CCCCCOCCC(=O)C(=O)O. The van der Waals surface area contributed by atoms with Gasteiger partial charge in [-0.15, -0.1) is 0 Å². The number of unbranched alkanes of at least 4 members (excludes halogenated alkanes) is 2. The highest BCUT2D eigenvalue weighted by molar-refractivity contribution is 6.32. The summed E-state index contributed by atoms with van der Waals surface area (Å²) in [6, 6.07) is 0. The van der Waals surface area contributed by atoms with Crippen LogP contribution in [0.2, 0.25) is 0 Å². The molecule has 0 unspecified atom stereocenters. The van der Waals surface area contributed by atoms with Crippen molar-refractivity contribution in [1.82, 2.24) is 0 Å². The molecule has 4 nitrogen and oxygen atoms in total. The molecule has 0 heterocycles. The van der Waals surface area contributed by atoms with Gasteiger partial charge in [0.1, 0.15) is 0 Å². The number of carbonyl (C=O) groups excluding carboxylic acids is 1. The lowest BCUT2D eigenvalue weighted by atomic mass is 10.3. The number of Topliss-reactive ketones (excluding diaryl/α,β-unsaturated/α-hetero) is 1. The first kappa shape index (κ1) is 12.1. The third-order valence-corrected chi connectivity index (χ3v) is 1.60. The van der Waals surface area contributed by atoms with Gasteiger partial charge in [0.05, 0.1) is 6.61 Å². The molecule has 0 aromatic heterocycles. The minimum Gasteiger partial charge on any atom is -0.475 e. The molecule has 0 saturated carbocycles. The van der Waals surface area contributed by atoms with Crippen LogP contribution < -0.4 is 0 Å². The van der Waals surface area contributed by atoms with Crippen LogP contribution in [0.3, 0.4) is 0 Å². The summed E-state index contributed by atoms with van der Waals surface area (Å²) in [5.74, 6) is -2.16. The molecule has 0 aliphatic heterocycles. The molecule has 4 heteroatoms. The fourth-order valence-electron chi connectivity index (χ4n) is 0.828. The lowest BCUT2D eigenvalue weighted by Crippen LogP contribution is -2.14. The van der Waals surface area contributed by atoms with Gasteiger partial charge in [0, 0.05) is 13.0 Å². The number of carbonyl (C=O) groups is 2. The molecule has 76 valence electrons. The maximum atomic E-state index is 10.6.